The van der Waals surface area contributed by atoms with Crippen LogP contribution in [0.2, 0.25) is 0 Å². The number of benzene rings is 1. The molecule has 2 rings (SSSR count). The lowest BCUT2D eigenvalue weighted by Crippen LogP contribution is -2.47. The second-order valence-electron chi connectivity index (χ2n) is 6.49. The van der Waals surface area contributed by atoms with Crippen molar-refractivity contribution in [2.45, 2.75) is 39.3 Å². The predicted octanol–water partition coefficient (Wildman–Crippen LogP) is 2.86. The van der Waals surface area contributed by atoms with Gasteiger partial charge in [0.15, 0.2) is 5.96 Å². The maximum Gasteiger partial charge on any atom is 0.194 e. The molecular weight excluding hydrogens is 319 g/mol. The zero-order valence-electron chi connectivity index (χ0n) is 15.9. The number of halogens is 1. The Morgan fingerprint density at radius 3 is 2.60 bits per heavy atom. The first-order chi connectivity index (χ1) is 12.0. The summed E-state index contributed by atoms with van der Waals surface area (Å²) in [5, 5.41) is 3.35. The van der Waals surface area contributed by atoms with E-state index in [-0.39, 0.29) is 5.82 Å². The van der Waals surface area contributed by atoms with Gasteiger partial charge in [-0.1, -0.05) is 6.07 Å². The fraction of sp³-hybridized carbons (Fsp3) is 0.632. The molecule has 140 valence electrons. The van der Waals surface area contributed by atoms with Crippen LogP contribution in [0.4, 0.5) is 10.1 Å². The number of nitrogens with one attached hydrogen (secondary N) is 1. The lowest BCUT2D eigenvalue weighted by atomic mass is 10.1. The van der Waals surface area contributed by atoms with Gasteiger partial charge in [-0.25, -0.2) is 9.38 Å². The van der Waals surface area contributed by atoms with Crippen LogP contribution < -0.4 is 10.2 Å². The van der Waals surface area contributed by atoms with E-state index in [1.165, 1.54) is 0 Å². The molecule has 1 heterocycles. The summed E-state index contributed by atoms with van der Waals surface area (Å²) in [4.78, 5) is 8.74. The summed E-state index contributed by atoms with van der Waals surface area (Å²) in [6.45, 7) is 8.03. The fourth-order valence-electron chi connectivity index (χ4n) is 3.07. The van der Waals surface area contributed by atoms with E-state index >= 15 is 0 Å². The summed E-state index contributed by atoms with van der Waals surface area (Å²) in [7, 11) is 3.68. The quantitative estimate of drug-likeness (QED) is 0.633. The van der Waals surface area contributed by atoms with Crippen LogP contribution in [0.25, 0.3) is 0 Å². The Hall–Kier alpha value is -1.82. The third-order valence-electron chi connectivity index (χ3n) is 4.38. The predicted molar refractivity (Wildman–Crippen MR) is 102 cm³/mol. The lowest BCUT2D eigenvalue weighted by Gasteiger charge is -2.34. The van der Waals surface area contributed by atoms with Crippen LogP contribution in [0.15, 0.2) is 23.2 Å². The molecule has 0 aliphatic carbocycles. The molecule has 5 nitrogen and oxygen atoms in total. The number of piperidine rings is 1. The summed E-state index contributed by atoms with van der Waals surface area (Å²) in [6, 6.07) is 5.32. The van der Waals surface area contributed by atoms with Crippen LogP contribution in [0.1, 0.15) is 32.3 Å². The number of guanidine groups is 1. The molecule has 0 unspecified atom stereocenters. The lowest BCUT2D eigenvalue weighted by molar-refractivity contribution is 0.0263. The Balaban J connectivity index is 2.01. The summed E-state index contributed by atoms with van der Waals surface area (Å²) in [5.74, 6) is 0.690. The van der Waals surface area contributed by atoms with Gasteiger partial charge in [0.25, 0.3) is 0 Å². The maximum absolute atomic E-state index is 14.1. The van der Waals surface area contributed by atoms with E-state index in [1.807, 2.05) is 27.1 Å². The zero-order chi connectivity index (χ0) is 18.2. The number of ether oxygens (including phenoxy) is 1. The number of hydrogen-bond donors (Lipinski definition) is 1. The second-order valence-corrected chi connectivity index (χ2v) is 6.49. The molecule has 1 aliphatic heterocycles. The van der Waals surface area contributed by atoms with Crippen molar-refractivity contribution in [1.29, 1.82) is 0 Å². The first kappa shape index (κ1) is 19.5. The molecule has 1 aliphatic rings. The van der Waals surface area contributed by atoms with E-state index in [0.717, 1.165) is 50.6 Å². The Labute approximate surface area is 150 Å². The fourth-order valence-corrected chi connectivity index (χ4v) is 3.07. The van der Waals surface area contributed by atoms with Gasteiger partial charge in [0.05, 0.1) is 18.3 Å². The van der Waals surface area contributed by atoms with Crippen molar-refractivity contribution in [3.8, 4) is 0 Å². The van der Waals surface area contributed by atoms with Gasteiger partial charge in [-0.3, -0.25) is 0 Å². The van der Waals surface area contributed by atoms with Gasteiger partial charge in [-0.05, 0) is 44.4 Å². The summed E-state index contributed by atoms with van der Waals surface area (Å²) >= 11 is 0. The van der Waals surface area contributed by atoms with E-state index in [4.69, 9.17) is 9.73 Å². The first-order valence-corrected chi connectivity index (χ1v) is 9.15. The summed E-state index contributed by atoms with van der Waals surface area (Å²) < 4.78 is 19.8. The Bertz CT molecular complexity index is 569. The molecule has 1 aromatic carbocycles. The average Bonchev–Trinajstić information content (AvgIpc) is 2.59. The van der Waals surface area contributed by atoms with Gasteiger partial charge >= 0.3 is 0 Å². The number of aliphatic imine (C=N–C) groups is 1. The van der Waals surface area contributed by atoms with Crippen LogP contribution in [0.5, 0.6) is 0 Å². The van der Waals surface area contributed by atoms with Crippen LogP contribution >= 0.6 is 0 Å². The number of likely N-dealkylation sites (tertiary alicyclic amines) is 1. The Morgan fingerprint density at radius 2 is 2.04 bits per heavy atom. The molecule has 0 saturated carbocycles. The van der Waals surface area contributed by atoms with E-state index in [0.29, 0.717) is 18.3 Å². The molecule has 0 atom stereocenters. The molecule has 0 amide bonds. The van der Waals surface area contributed by atoms with Crippen molar-refractivity contribution in [1.82, 2.24) is 10.2 Å². The normalized spacial score (nSPS) is 16.2. The molecule has 1 fully saturated rings. The highest BCUT2D eigenvalue weighted by Crippen LogP contribution is 2.19. The maximum atomic E-state index is 14.1. The molecule has 0 radical (unpaired) electrons. The molecule has 1 saturated heterocycles. The molecule has 1 N–H and O–H groups in total. The number of nitrogens with zero attached hydrogens (tertiary/aromatic N) is 3. The van der Waals surface area contributed by atoms with Crippen molar-refractivity contribution in [3.05, 3.63) is 29.6 Å². The minimum absolute atomic E-state index is 0.208. The molecule has 6 heteroatoms. The van der Waals surface area contributed by atoms with E-state index in [1.54, 1.807) is 17.0 Å². The Kier molecular flexibility index (Phi) is 7.50. The van der Waals surface area contributed by atoms with Crippen LogP contribution in [0, 0.1) is 5.82 Å². The number of rotatable bonds is 6. The van der Waals surface area contributed by atoms with Crippen molar-refractivity contribution >= 4 is 11.6 Å². The highest BCUT2D eigenvalue weighted by molar-refractivity contribution is 5.80. The number of anilines is 1. The largest absolute Gasteiger partial charge is 0.378 e. The molecule has 0 bridgehead atoms. The topological polar surface area (TPSA) is 40.1 Å². The van der Waals surface area contributed by atoms with E-state index in [9.17, 15) is 4.39 Å². The highest BCUT2D eigenvalue weighted by Gasteiger charge is 2.21. The molecule has 1 aromatic rings. The van der Waals surface area contributed by atoms with E-state index in [2.05, 4.69) is 17.1 Å². The molecular formula is C19H31FN4O. The molecule has 0 aromatic heterocycles. The molecule has 25 heavy (non-hydrogen) atoms. The third kappa shape index (κ3) is 5.59. The SMILES string of the molecule is CCNC(=NCc1ccc(N(C)C)c(F)c1)N1CCC(OCC)CC1. The van der Waals surface area contributed by atoms with Crippen LogP contribution in [0.3, 0.4) is 0 Å². The van der Waals surface area contributed by atoms with E-state index < -0.39 is 0 Å². The standard InChI is InChI=1S/C19H31FN4O/c1-5-21-19(24-11-9-16(10-12-24)25-6-2)22-14-15-7-8-18(23(3)4)17(20)13-15/h7-8,13,16H,5-6,9-12,14H2,1-4H3,(H,21,22). The minimum Gasteiger partial charge on any atom is -0.378 e. The van der Waals surface area contributed by atoms with Crippen molar-refractivity contribution in [2.24, 2.45) is 4.99 Å². The summed E-state index contributed by atoms with van der Waals surface area (Å²) in [5.41, 5.74) is 1.47. The van der Waals surface area contributed by atoms with Gasteiger partial charge in [-0.2, -0.15) is 0 Å². The second kappa shape index (κ2) is 9.61. The van der Waals surface area contributed by atoms with Crippen LogP contribution in [-0.4, -0.2) is 57.3 Å². The van der Waals surface area contributed by atoms with Gasteiger partial charge in [-0.15, -0.1) is 0 Å². The van der Waals surface area contributed by atoms with Gasteiger partial charge in [0.2, 0.25) is 0 Å². The molecule has 0 spiro atoms. The van der Waals surface area contributed by atoms with Gasteiger partial charge < -0.3 is 19.9 Å². The third-order valence-corrected chi connectivity index (χ3v) is 4.38. The smallest absolute Gasteiger partial charge is 0.194 e. The van der Waals surface area contributed by atoms with Crippen molar-refractivity contribution in [2.75, 3.05) is 45.2 Å². The van der Waals surface area contributed by atoms with Crippen molar-refractivity contribution < 1.29 is 9.13 Å². The first-order valence-electron chi connectivity index (χ1n) is 9.15. The minimum atomic E-state index is -0.208. The monoisotopic (exact) mass is 350 g/mol. The average molecular weight is 350 g/mol. The van der Waals surface area contributed by atoms with Crippen LogP contribution in [-0.2, 0) is 11.3 Å². The highest BCUT2D eigenvalue weighted by atomic mass is 19.1. The summed E-state index contributed by atoms with van der Waals surface area (Å²) in [6.07, 6.45) is 2.39. The zero-order valence-corrected chi connectivity index (χ0v) is 15.9. The van der Waals surface area contributed by atoms with Gasteiger partial charge in [0, 0.05) is 40.3 Å². The Morgan fingerprint density at radius 1 is 1.32 bits per heavy atom. The number of hydrogen-bond acceptors (Lipinski definition) is 3. The van der Waals surface area contributed by atoms with Crippen molar-refractivity contribution in [3.63, 3.8) is 0 Å². The van der Waals surface area contributed by atoms with Gasteiger partial charge in [0.1, 0.15) is 5.82 Å².